The van der Waals surface area contributed by atoms with E-state index < -0.39 is 0 Å². The van der Waals surface area contributed by atoms with E-state index in [2.05, 4.69) is 27.3 Å². The van der Waals surface area contributed by atoms with Crippen molar-refractivity contribution < 1.29 is 9.53 Å². The fourth-order valence-electron chi connectivity index (χ4n) is 0.482. The van der Waals surface area contributed by atoms with Gasteiger partial charge in [0.1, 0.15) is 6.61 Å². The fourth-order valence-corrected chi connectivity index (χ4v) is 1.02. The quantitative estimate of drug-likeness (QED) is 0.336. The van der Waals surface area contributed by atoms with Crippen molar-refractivity contribution in [2.24, 2.45) is 0 Å². The lowest BCUT2D eigenvalue weighted by Crippen LogP contribution is -1.91. The molecule has 0 aliphatic carbocycles. The van der Waals surface area contributed by atoms with Gasteiger partial charge in [-0.3, -0.25) is 4.79 Å². The highest BCUT2D eigenvalue weighted by atomic mass is 127. The monoisotopic (exact) mass is 212 g/mol. The predicted octanol–water partition coefficient (Wildman–Crippen LogP) is 0.737. The molecular weight excluding hydrogens is 207 g/mol. The first-order valence-electron chi connectivity index (χ1n) is 2.09. The third-order valence-electron chi connectivity index (χ3n) is 0.813. The number of esters is 1. The second-order valence-electron chi connectivity index (χ2n) is 1.48. The van der Waals surface area contributed by atoms with Crippen LogP contribution >= 0.6 is 22.6 Å². The maximum atomic E-state index is 10.2. The van der Waals surface area contributed by atoms with E-state index >= 15 is 0 Å². The Balaban J connectivity index is 2.40. The first kappa shape index (κ1) is 5.34. The standard InChI is InChI=1S/C4H5IO2/c5-3-1-4(6)7-2-3/h3H,1-2H2. The lowest BCUT2D eigenvalue weighted by Gasteiger charge is -1.85. The van der Waals surface area contributed by atoms with Crippen molar-refractivity contribution in [3.05, 3.63) is 0 Å². The largest absolute Gasteiger partial charge is 0.465 e. The first-order valence-corrected chi connectivity index (χ1v) is 3.33. The second kappa shape index (κ2) is 1.98. The van der Waals surface area contributed by atoms with E-state index in [9.17, 15) is 4.79 Å². The molecule has 3 heteroatoms. The Morgan fingerprint density at radius 3 is 2.71 bits per heavy atom. The average Bonchev–Trinajstić information content (AvgIpc) is 1.87. The van der Waals surface area contributed by atoms with E-state index in [1.165, 1.54) is 0 Å². The maximum absolute atomic E-state index is 10.2. The zero-order chi connectivity index (χ0) is 5.28. The van der Waals surface area contributed by atoms with E-state index in [1.54, 1.807) is 0 Å². The lowest BCUT2D eigenvalue weighted by molar-refractivity contribution is -0.137. The van der Waals surface area contributed by atoms with Gasteiger partial charge in [-0.25, -0.2) is 0 Å². The van der Waals surface area contributed by atoms with Crippen LogP contribution in [0.5, 0.6) is 0 Å². The third-order valence-corrected chi connectivity index (χ3v) is 1.61. The summed E-state index contributed by atoms with van der Waals surface area (Å²) in [5, 5.41) is 0. The van der Waals surface area contributed by atoms with Gasteiger partial charge >= 0.3 is 5.97 Å². The van der Waals surface area contributed by atoms with Gasteiger partial charge in [0.15, 0.2) is 0 Å². The molecule has 1 saturated heterocycles. The molecule has 0 aromatic carbocycles. The van der Waals surface area contributed by atoms with Gasteiger partial charge in [-0.2, -0.15) is 0 Å². The van der Waals surface area contributed by atoms with Crippen LogP contribution in [-0.4, -0.2) is 16.5 Å². The van der Waals surface area contributed by atoms with Gasteiger partial charge in [0.25, 0.3) is 0 Å². The molecule has 1 atom stereocenters. The molecule has 1 aliphatic rings. The number of hydrogen-bond acceptors (Lipinski definition) is 2. The molecule has 0 radical (unpaired) electrons. The Labute approximate surface area is 55.4 Å². The highest BCUT2D eigenvalue weighted by Gasteiger charge is 2.19. The molecule has 0 N–H and O–H groups in total. The molecule has 40 valence electrons. The highest BCUT2D eigenvalue weighted by Crippen LogP contribution is 2.13. The number of cyclic esters (lactones) is 1. The summed E-state index contributed by atoms with van der Waals surface area (Å²) in [6.45, 7) is 0.611. The second-order valence-corrected chi connectivity index (χ2v) is 3.25. The summed E-state index contributed by atoms with van der Waals surface area (Å²) in [7, 11) is 0. The molecule has 0 spiro atoms. The Hall–Kier alpha value is 0.200. The van der Waals surface area contributed by atoms with Gasteiger partial charge in [-0.1, -0.05) is 22.6 Å². The van der Waals surface area contributed by atoms with E-state index in [-0.39, 0.29) is 5.97 Å². The van der Waals surface area contributed by atoms with Crippen LogP contribution in [0, 0.1) is 0 Å². The molecule has 7 heavy (non-hydrogen) atoms. The lowest BCUT2D eigenvalue weighted by atomic mass is 10.4. The summed E-state index contributed by atoms with van der Waals surface area (Å²) < 4.78 is 5.04. The molecule has 1 rings (SSSR count). The minimum atomic E-state index is -0.0561. The van der Waals surface area contributed by atoms with Gasteiger partial charge in [-0.05, 0) is 0 Å². The van der Waals surface area contributed by atoms with Crippen LogP contribution in [0.3, 0.4) is 0 Å². The Morgan fingerprint density at radius 2 is 2.57 bits per heavy atom. The number of hydrogen-bond donors (Lipinski definition) is 0. The molecule has 1 aliphatic heterocycles. The van der Waals surface area contributed by atoms with Gasteiger partial charge < -0.3 is 4.74 Å². The molecule has 1 fully saturated rings. The summed E-state index contributed by atoms with van der Waals surface area (Å²) in [6.07, 6.45) is 0.598. The molecule has 0 amide bonds. The van der Waals surface area contributed by atoms with Crippen molar-refractivity contribution in [3.63, 3.8) is 0 Å². The summed E-state index contributed by atoms with van der Waals surface area (Å²) in [5.74, 6) is -0.0561. The average molecular weight is 212 g/mol. The van der Waals surface area contributed by atoms with Crippen LogP contribution in [0.1, 0.15) is 6.42 Å². The molecular formula is C4H5IO2. The minimum absolute atomic E-state index is 0.0561. The molecule has 1 unspecified atom stereocenters. The Bertz CT molecular complexity index is 91.7. The number of alkyl halides is 1. The van der Waals surface area contributed by atoms with Crippen LogP contribution in [0.15, 0.2) is 0 Å². The van der Waals surface area contributed by atoms with E-state index in [0.29, 0.717) is 17.0 Å². The van der Waals surface area contributed by atoms with Gasteiger partial charge in [0.2, 0.25) is 0 Å². The highest BCUT2D eigenvalue weighted by molar-refractivity contribution is 14.1. The molecule has 2 nitrogen and oxygen atoms in total. The third kappa shape index (κ3) is 1.29. The van der Waals surface area contributed by atoms with Crippen LogP contribution in [0.25, 0.3) is 0 Å². The van der Waals surface area contributed by atoms with E-state index in [0.717, 1.165) is 0 Å². The van der Waals surface area contributed by atoms with E-state index in [1.807, 2.05) is 0 Å². The smallest absolute Gasteiger partial charge is 0.307 e. The molecule has 0 bridgehead atoms. The van der Waals surface area contributed by atoms with Gasteiger partial charge in [-0.15, -0.1) is 0 Å². The SMILES string of the molecule is O=C1CC(I)CO1. The molecule has 0 aromatic heterocycles. The summed E-state index contributed by atoms with van der Waals surface area (Å²) in [6, 6.07) is 0. The Kier molecular flexibility index (Phi) is 1.51. The topological polar surface area (TPSA) is 26.3 Å². The predicted molar refractivity (Wildman–Crippen MR) is 33.4 cm³/mol. The summed E-state index contributed by atoms with van der Waals surface area (Å²) >= 11 is 2.20. The molecule has 1 heterocycles. The van der Waals surface area contributed by atoms with Crippen LogP contribution in [0.2, 0.25) is 0 Å². The zero-order valence-corrected chi connectivity index (χ0v) is 5.84. The normalized spacial score (nSPS) is 30.4. The molecule has 0 aromatic rings. The number of ether oxygens (including phenoxy) is 1. The summed E-state index contributed by atoms with van der Waals surface area (Å²) in [4.78, 5) is 10.2. The number of carbonyl (C=O) groups excluding carboxylic acids is 1. The number of halogens is 1. The van der Waals surface area contributed by atoms with Crippen molar-refractivity contribution in [3.8, 4) is 0 Å². The van der Waals surface area contributed by atoms with E-state index in [4.69, 9.17) is 0 Å². The first-order chi connectivity index (χ1) is 3.29. The van der Waals surface area contributed by atoms with Crippen molar-refractivity contribution >= 4 is 28.6 Å². The Morgan fingerprint density at radius 1 is 1.86 bits per heavy atom. The van der Waals surface area contributed by atoms with Crippen molar-refractivity contribution in [2.45, 2.75) is 10.3 Å². The summed E-state index contributed by atoms with van der Waals surface area (Å²) in [5.41, 5.74) is 0. The van der Waals surface area contributed by atoms with Crippen LogP contribution < -0.4 is 0 Å². The fraction of sp³-hybridized carbons (Fsp3) is 0.750. The minimum Gasteiger partial charge on any atom is -0.465 e. The van der Waals surface area contributed by atoms with Gasteiger partial charge in [0.05, 0.1) is 10.3 Å². The molecule has 0 saturated carbocycles. The van der Waals surface area contributed by atoms with Crippen molar-refractivity contribution in [1.29, 1.82) is 0 Å². The van der Waals surface area contributed by atoms with Gasteiger partial charge in [0, 0.05) is 0 Å². The van der Waals surface area contributed by atoms with Crippen LogP contribution in [0.4, 0.5) is 0 Å². The van der Waals surface area contributed by atoms with Crippen molar-refractivity contribution in [1.82, 2.24) is 0 Å². The number of carbonyl (C=O) groups is 1. The number of rotatable bonds is 0. The van der Waals surface area contributed by atoms with Crippen LogP contribution in [-0.2, 0) is 9.53 Å². The zero-order valence-electron chi connectivity index (χ0n) is 3.69. The van der Waals surface area contributed by atoms with Crippen molar-refractivity contribution in [2.75, 3.05) is 6.61 Å². The maximum Gasteiger partial charge on any atom is 0.307 e.